The van der Waals surface area contributed by atoms with Gasteiger partial charge >= 0.3 is 5.37 Å². The largest absolute Gasteiger partial charge is 0.332 e. The summed E-state index contributed by atoms with van der Waals surface area (Å²) in [7, 11) is 0. The summed E-state index contributed by atoms with van der Waals surface area (Å²) in [6, 6.07) is 6.29. The van der Waals surface area contributed by atoms with Crippen LogP contribution >= 0.6 is 11.6 Å². The van der Waals surface area contributed by atoms with Gasteiger partial charge in [-0.1, -0.05) is 12.1 Å². The predicted octanol–water partition coefficient (Wildman–Crippen LogP) is 1.15. The SMILES string of the molecule is O=C(Cl)NN1C(=O)c2ccccc2C1=O. The van der Waals surface area contributed by atoms with E-state index in [9.17, 15) is 14.4 Å². The number of imide groups is 1. The Labute approximate surface area is 89.6 Å². The third-order valence-corrected chi connectivity index (χ3v) is 2.08. The summed E-state index contributed by atoms with van der Waals surface area (Å²) in [5.74, 6) is -1.16. The van der Waals surface area contributed by atoms with Crippen molar-refractivity contribution in [3.63, 3.8) is 0 Å². The van der Waals surface area contributed by atoms with E-state index in [1.54, 1.807) is 12.1 Å². The van der Waals surface area contributed by atoms with E-state index in [1.807, 2.05) is 5.43 Å². The van der Waals surface area contributed by atoms with Crippen molar-refractivity contribution < 1.29 is 14.4 Å². The first-order chi connectivity index (χ1) is 7.11. The molecule has 6 heteroatoms. The first-order valence-electron chi connectivity index (χ1n) is 4.05. The molecule has 1 heterocycles. The van der Waals surface area contributed by atoms with Gasteiger partial charge in [0.05, 0.1) is 11.1 Å². The van der Waals surface area contributed by atoms with Crippen molar-refractivity contribution in [2.75, 3.05) is 0 Å². The quantitative estimate of drug-likeness (QED) is 0.442. The highest BCUT2D eigenvalue weighted by atomic mass is 35.5. The molecule has 0 saturated heterocycles. The Morgan fingerprint density at radius 3 is 2.00 bits per heavy atom. The summed E-state index contributed by atoms with van der Waals surface area (Å²) in [6.45, 7) is 0. The summed E-state index contributed by atoms with van der Waals surface area (Å²) >= 11 is 5.04. The molecule has 2 rings (SSSR count). The van der Waals surface area contributed by atoms with E-state index in [-0.39, 0.29) is 11.1 Å². The van der Waals surface area contributed by atoms with Crippen LogP contribution in [0.5, 0.6) is 0 Å². The van der Waals surface area contributed by atoms with E-state index in [1.165, 1.54) is 12.1 Å². The molecular weight excluding hydrogens is 220 g/mol. The standard InChI is InChI=1S/C9H5ClN2O3/c10-9(15)11-12-7(13)5-3-1-2-4-6(5)8(12)14/h1-4H,(H,11,15). The van der Waals surface area contributed by atoms with Crippen molar-refractivity contribution in [2.24, 2.45) is 0 Å². The summed E-state index contributed by atoms with van der Waals surface area (Å²) in [5.41, 5.74) is 2.46. The van der Waals surface area contributed by atoms with Gasteiger partial charge in [-0.3, -0.25) is 14.4 Å². The lowest BCUT2D eigenvalue weighted by molar-refractivity contribution is 0.0596. The normalized spacial score (nSPS) is 14.1. The van der Waals surface area contributed by atoms with E-state index in [0.717, 1.165) is 0 Å². The van der Waals surface area contributed by atoms with Crippen LogP contribution in [-0.4, -0.2) is 22.2 Å². The smallest absolute Gasteiger partial charge is 0.267 e. The van der Waals surface area contributed by atoms with Crippen LogP contribution in [-0.2, 0) is 0 Å². The molecule has 0 spiro atoms. The second-order valence-electron chi connectivity index (χ2n) is 2.88. The molecule has 1 aromatic carbocycles. The fourth-order valence-electron chi connectivity index (χ4n) is 1.38. The van der Waals surface area contributed by atoms with Crippen molar-refractivity contribution >= 4 is 28.8 Å². The Morgan fingerprint density at radius 1 is 1.13 bits per heavy atom. The number of hydrogen-bond donors (Lipinski definition) is 1. The zero-order valence-electron chi connectivity index (χ0n) is 7.36. The van der Waals surface area contributed by atoms with Gasteiger partial charge < -0.3 is 0 Å². The van der Waals surface area contributed by atoms with E-state index < -0.39 is 17.2 Å². The van der Waals surface area contributed by atoms with Crippen molar-refractivity contribution in [3.8, 4) is 0 Å². The first-order valence-corrected chi connectivity index (χ1v) is 4.43. The number of benzene rings is 1. The Morgan fingerprint density at radius 2 is 1.60 bits per heavy atom. The van der Waals surface area contributed by atoms with E-state index >= 15 is 0 Å². The molecule has 1 aromatic rings. The Kier molecular flexibility index (Phi) is 2.17. The number of hydrazine groups is 1. The lowest BCUT2D eigenvalue weighted by Crippen LogP contribution is -2.43. The average Bonchev–Trinajstić information content (AvgIpc) is 2.44. The first kappa shape index (κ1) is 9.67. The summed E-state index contributed by atoms with van der Waals surface area (Å²) in [4.78, 5) is 33.7. The van der Waals surface area contributed by atoms with Gasteiger partial charge in [0.1, 0.15) is 0 Å². The number of rotatable bonds is 1. The molecule has 1 aliphatic heterocycles. The number of carbonyl (C=O) groups excluding carboxylic acids is 3. The number of amides is 3. The van der Waals surface area contributed by atoms with Crippen molar-refractivity contribution in [2.45, 2.75) is 0 Å². The van der Waals surface area contributed by atoms with Crippen molar-refractivity contribution in [1.29, 1.82) is 0 Å². The molecule has 15 heavy (non-hydrogen) atoms. The summed E-state index contributed by atoms with van der Waals surface area (Å²) in [6.07, 6.45) is 0. The number of carbonyl (C=O) groups is 3. The lowest BCUT2D eigenvalue weighted by Gasteiger charge is -2.11. The summed E-state index contributed by atoms with van der Waals surface area (Å²) in [5, 5.41) is -0.385. The molecule has 0 radical (unpaired) electrons. The molecule has 0 unspecified atom stereocenters. The zero-order valence-corrected chi connectivity index (χ0v) is 8.12. The molecule has 0 saturated carbocycles. The van der Waals surface area contributed by atoms with Gasteiger partial charge in [-0.25, -0.2) is 5.43 Å². The molecule has 0 aromatic heterocycles. The Balaban J connectivity index is 2.41. The minimum Gasteiger partial charge on any atom is -0.267 e. The van der Waals surface area contributed by atoms with Gasteiger partial charge in [-0.15, -0.1) is 0 Å². The molecule has 0 atom stereocenters. The highest BCUT2D eigenvalue weighted by Crippen LogP contribution is 2.20. The van der Waals surface area contributed by atoms with Crippen LogP contribution in [0.1, 0.15) is 20.7 Å². The Hall–Kier alpha value is -1.88. The van der Waals surface area contributed by atoms with Crippen LogP contribution in [0.2, 0.25) is 0 Å². The van der Waals surface area contributed by atoms with Crippen molar-refractivity contribution in [3.05, 3.63) is 35.4 Å². The summed E-state index contributed by atoms with van der Waals surface area (Å²) < 4.78 is 0. The molecule has 0 fully saturated rings. The molecule has 3 amide bonds. The third-order valence-electron chi connectivity index (χ3n) is 1.99. The predicted molar refractivity (Wildman–Crippen MR) is 51.3 cm³/mol. The monoisotopic (exact) mass is 224 g/mol. The van der Waals surface area contributed by atoms with Gasteiger partial charge in [0.25, 0.3) is 11.8 Å². The van der Waals surface area contributed by atoms with Crippen LogP contribution in [0.4, 0.5) is 4.79 Å². The third kappa shape index (κ3) is 1.46. The van der Waals surface area contributed by atoms with E-state index in [4.69, 9.17) is 11.6 Å². The van der Waals surface area contributed by atoms with Gasteiger partial charge in [0.2, 0.25) is 0 Å². The average molecular weight is 225 g/mol. The molecule has 1 aliphatic rings. The van der Waals surface area contributed by atoms with E-state index in [2.05, 4.69) is 0 Å². The number of nitrogens with zero attached hydrogens (tertiary/aromatic N) is 1. The van der Waals surface area contributed by atoms with Crippen LogP contribution in [0.3, 0.4) is 0 Å². The highest BCUT2D eigenvalue weighted by Gasteiger charge is 2.36. The van der Waals surface area contributed by atoms with Gasteiger partial charge in [-0.05, 0) is 23.7 Å². The topological polar surface area (TPSA) is 66.5 Å². The van der Waals surface area contributed by atoms with Crippen LogP contribution < -0.4 is 5.43 Å². The lowest BCUT2D eigenvalue weighted by atomic mass is 10.1. The van der Waals surface area contributed by atoms with Crippen LogP contribution in [0.25, 0.3) is 0 Å². The maximum atomic E-state index is 11.6. The number of halogens is 1. The maximum Gasteiger partial charge on any atom is 0.332 e. The maximum absolute atomic E-state index is 11.6. The molecular formula is C9H5ClN2O3. The van der Waals surface area contributed by atoms with E-state index in [0.29, 0.717) is 5.01 Å². The molecule has 5 nitrogen and oxygen atoms in total. The second kappa shape index (κ2) is 3.36. The minimum atomic E-state index is -0.982. The number of fused-ring (bicyclic) bond motifs is 1. The molecule has 1 N–H and O–H groups in total. The molecule has 0 bridgehead atoms. The minimum absolute atomic E-state index is 0.257. The highest BCUT2D eigenvalue weighted by molar-refractivity contribution is 6.63. The van der Waals surface area contributed by atoms with Gasteiger partial charge in [0.15, 0.2) is 0 Å². The van der Waals surface area contributed by atoms with Crippen LogP contribution in [0, 0.1) is 0 Å². The van der Waals surface area contributed by atoms with Crippen LogP contribution in [0.15, 0.2) is 24.3 Å². The number of nitrogens with one attached hydrogen (secondary N) is 1. The Bertz CT molecular complexity index is 437. The van der Waals surface area contributed by atoms with Gasteiger partial charge in [0, 0.05) is 0 Å². The fourth-order valence-corrected chi connectivity index (χ4v) is 1.46. The zero-order chi connectivity index (χ0) is 11.0. The van der Waals surface area contributed by atoms with Gasteiger partial charge in [-0.2, -0.15) is 5.01 Å². The molecule has 76 valence electrons. The second-order valence-corrected chi connectivity index (χ2v) is 3.22. The van der Waals surface area contributed by atoms with Crippen molar-refractivity contribution in [1.82, 2.24) is 10.4 Å². The number of hydrogen-bond acceptors (Lipinski definition) is 3. The fraction of sp³-hybridized carbons (Fsp3) is 0. The molecule has 0 aliphatic carbocycles.